The van der Waals surface area contributed by atoms with Crippen molar-refractivity contribution in [2.24, 2.45) is 0 Å². The second kappa shape index (κ2) is 9.08. The van der Waals surface area contributed by atoms with Crippen LogP contribution in [0, 0.1) is 13.8 Å². The number of hydrogen-bond donors (Lipinski definition) is 1. The molecule has 1 N–H and O–H groups in total. The van der Waals surface area contributed by atoms with E-state index in [1.165, 1.54) is 22.4 Å². The Kier molecular flexibility index (Phi) is 6.54. The summed E-state index contributed by atoms with van der Waals surface area (Å²) in [5.41, 5.74) is 3.02. The lowest BCUT2D eigenvalue weighted by Gasteiger charge is -2.13. The fourth-order valence-electron chi connectivity index (χ4n) is 2.59. The third-order valence-corrected chi connectivity index (χ3v) is 5.52. The first-order valence-electron chi connectivity index (χ1n) is 8.73. The van der Waals surface area contributed by atoms with E-state index in [9.17, 15) is 9.59 Å². The summed E-state index contributed by atoms with van der Waals surface area (Å²) >= 11 is 7.54. The van der Waals surface area contributed by atoms with Crippen molar-refractivity contribution in [2.75, 3.05) is 5.32 Å². The number of nitrogens with zero attached hydrogens (tertiary/aromatic N) is 2. The lowest BCUT2D eigenvalue weighted by atomic mass is 10.2. The molecule has 1 aromatic heterocycles. The summed E-state index contributed by atoms with van der Waals surface area (Å²) in [7, 11) is 0. The molecular weight excluding hydrogens is 394 g/mol. The van der Waals surface area contributed by atoms with E-state index in [0.29, 0.717) is 27.3 Å². The summed E-state index contributed by atoms with van der Waals surface area (Å²) in [6.45, 7) is 3.54. The summed E-state index contributed by atoms with van der Waals surface area (Å²) in [5, 5.41) is 3.88. The van der Waals surface area contributed by atoms with Crippen molar-refractivity contribution < 1.29 is 4.79 Å². The van der Waals surface area contributed by atoms with Gasteiger partial charge in [-0.1, -0.05) is 59.8 Å². The van der Waals surface area contributed by atoms with Crippen molar-refractivity contribution in [1.82, 2.24) is 9.55 Å². The topological polar surface area (TPSA) is 64.0 Å². The SMILES string of the molecule is Cc1cc(=O)n(CC(=O)Nc2ccc(C)c(Cl)c2)c(SCc2ccccc2)n1. The maximum atomic E-state index is 12.5. The zero-order valence-corrected chi connectivity index (χ0v) is 17.2. The van der Waals surface area contributed by atoms with Crippen molar-refractivity contribution in [2.45, 2.75) is 31.3 Å². The average Bonchev–Trinajstić information content (AvgIpc) is 2.66. The van der Waals surface area contributed by atoms with E-state index in [0.717, 1.165) is 11.1 Å². The van der Waals surface area contributed by atoms with Crippen molar-refractivity contribution in [3.63, 3.8) is 0 Å². The van der Waals surface area contributed by atoms with E-state index in [4.69, 9.17) is 11.6 Å². The Morgan fingerprint density at radius 2 is 1.89 bits per heavy atom. The number of carbonyl (C=O) groups is 1. The summed E-state index contributed by atoms with van der Waals surface area (Å²) < 4.78 is 1.39. The average molecular weight is 414 g/mol. The van der Waals surface area contributed by atoms with E-state index in [2.05, 4.69) is 10.3 Å². The van der Waals surface area contributed by atoms with E-state index in [-0.39, 0.29) is 18.0 Å². The van der Waals surface area contributed by atoms with Gasteiger partial charge in [0, 0.05) is 28.2 Å². The molecule has 7 heteroatoms. The summed E-state index contributed by atoms with van der Waals surface area (Å²) in [6.07, 6.45) is 0. The third-order valence-electron chi connectivity index (χ3n) is 4.07. The van der Waals surface area contributed by atoms with Gasteiger partial charge in [-0.05, 0) is 37.1 Å². The van der Waals surface area contributed by atoms with Gasteiger partial charge in [-0.15, -0.1) is 0 Å². The molecule has 0 spiro atoms. The Morgan fingerprint density at radius 3 is 2.61 bits per heavy atom. The molecule has 0 saturated heterocycles. The second-order valence-corrected chi connectivity index (χ2v) is 7.74. The molecule has 0 aliphatic rings. The molecule has 28 heavy (non-hydrogen) atoms. The summed E-state index contributed by atoms with van der Waals surface area (Å²) in [4.78, 5) is 29.4. The summed E-state index contributed by atoms with van der Waals surface area (Å²) in [5.74, 6) is 0.348. The van der Waals surface area contributed by atoms with Crippen LogP contribution in [-0.2, 0) is 17.1 Å². The van der Waals surface area contributed by atoms with Gasteiger partial charge in [-0.2, -0.15) is 0 Å². The number of amides is 1. The number of hydrogen-bond acceptors (Lipinski definition) is 4. The molecule has 0 aliphatic carbocycles. The number of aromatic nitrogens is 2. The molecule has 3 rings (SSSR count). The Balaban J connectivity index is 1.77. The van der Waals surface area contributed by atoms with Gasteiger partial charge in [0.05, 0.1) is 0 Å². The lowest BCUT2D eigenvalue weighted by molar-refractivity contribution is -0.116. The number of thioether (sulfide) groups is 1. The standard InChI is InChI=1S/C21H20ClN3O2S/c1-14-8-9-17(11-18(14)22)24-19(26)12-25-20(27)10-15(2)23-21(25)28-13-16-6-4-3-5-7-16/h3-11H,12-13H2,1-2H3,(H,24,26). The van der Waals surface area contributed by atoms with E-state index in [1.54, 1.807) is 19.1 Å². The number of carbonyl (C=O) groups excluding carboxylic acids is 1. The molecule has 1 heterocycles. The van der Waals surface area contributed by atoms with Gasteiger partial charge >= 0.3 is 0 Å². The van der Waals surface area contributed by atoms with E-state index >= 15 is 0 Å². The molecule has 2 aromatic carbocycles. The maximum absolute atomic E-state index is 12.5. The first-order valence-corrected chi connectivity index (χ1v) is 10.1. The number of nitrogens with one attached hydrogen (secondary N) is 1. The molecule has 0 saturated carbocycles. The molecule has 0 atom stereocenters. The van der Waals surface area contributed by atoms with Crippen LogP contribution in [0.5, 0.6) is 0 Å². The van der Waals surface area contributed by atoms with Gasteiger partial charge in [0.25, 0.3) is 5.56 Å². The first kappa shape index (κ1) is 20.2. The Labute approximate surface area is 172 Å². The highest BCUT2D eigenvalue weighted by Gasteiger charge is 2.13. The number of aryl methyl sites for hydroxylation is 2. The summed E-state index contributed by atoms with van der Waals surface area (Å²) in [6, 6.07) is 16.6. The van der Waals surface area contributed by atoms with E-state index in [1.807, 2.05) is 43.3 Å². The minimum Gasteiger partial charge on any atom is -0.324 e. The maximum Gasteiger partial charge on any atom is 0.254 e. The van der Waals surface area contributed by atoms with Crippen LogP contribution in [0.2, 0.25) is 5.02 Å². The van der Waals surface area contributed by atoms with Crippen molar-refractivity contribution >= 4 is 35.0 Å². The smallest absolute Gasteiger partial charge is 0.254 e. The van der Waals surface area contributed by atoms with Crippen molar-refractivity contribution in [3.8, 4) is 0 Å². The molecular formula is C21H20ClN3O2S. The zero-order chi connectivity index (χ0) is 20.1. The predicted molar refractivity (Wildman–Crippen MR) is 114 cm³/mol. The van der Waals surface area contributed by atoms with Crippen molar-refractivity contribution in [1.29, 1.82) is 0 Å². The lowest BCUT2D eigenvalue weighted by Crippen LogP contribution is -2.29. The molecule has 0 radical (unpaired) electrons. The minimum atomic E-state index is -0.311. The van der Waals surface area contributed by atoms with Gasteiger partial charge < -0.3 is 5.32 Å². The monoisotopic (exact) mass is 413 g/mol. The van der Waals surface area contributed by atoms with Gasteiger partial charge in [-0.3, -0.25) is 14.2 Å². The molecule has 1 amide bonds. The number of halogens is 1. The molecule has 144 valence electrons. The zero-order valence-electron chi connectivity index (χ0n) is 15.6. The number of benzene rings is 2. The molecule has 0 unspecified atom stereocenters. The highest BCUT2D eigenvalue weighted by molar-refractivity contribution is 7.98. The van der Waals surface area contributed by atoms with Crippen molar-refractivity contribution in [3.05, 3.63) is 86.8 Å². The molecule has 5 nitrogen and oxygen atoms in total. The van der Waals surface area contributed by atoms with Crippen LogP contribution in [-0.4, -0.2) is 15.5 Å². The van der Waals surface area contributed by atoms with Crippen LogP contribution < -0.4 is 10.9 Å². The van der Waals surface area contributed by atoms with Gasteiger partial charge in [-0.25, -0.2) is 4.98 Å². The fraction of sp³-hybridized carbons (Fsp3) is 0.190. The Bertz CT molecular complexity index is 1050. The fourth-order valence-corrected chi connectivity index (χ4v) is 3.77. The first-order chi connectivity index (χ1) is 13.4. The molecule has 0 fully saturated rings. The second-order valence-electron chi connectivity index (χ2n) is 6.39. The minimum absolute atomic E-state index is 0.116. The van der Waals surface area contributed by atoms with Crippen LogP contribution in [0.25, 0.3) is 0 Å². The quantitative estimate of drug-likeness (QED) is 0.479. The normalized spacial score (nSPS) is 10.7. The molecule has 0 bridgehead atoms. The number of rotatable bonds is 6. The number of anilines is 1. The van der Waals surface area contributed by atoms with Crippen LogP contribution in [0.4, 0.5) is 5.69 Å². The van der Waals surface area contributed by atoms with E-state index < -0.39 is 0 Å². The van der Waals surface area contributed by atoms with Crippen LogP contribution in [0.3, 0.4) is 0 Å². The van der Waals surface area contributed by atoms with Gasteiger partial charge in [0.2, 0.25) is 5.91 Å². The highest BCUT2D eigenvalue weighted by Crippen LogP contribution is 2.21. The van der Waals surface area contributed by atoms with Gasteiger partial charge in [0.15, 0.2) is 5.16 Å². The van der Waals surface area contributed by atoms with Crippen LogP contribution in [0.15, 0.2) is 64.5 Å². The van der Waals surface area contributed by atoms with Crippen LogP contribution >= 0.6 is 23.4 Å². The Hall–Kier alpha value is -2.57. The highest BCUT2D eigenvalue weighted by atomic mass is 35.5. The predicted octanol–water partition coefficient (Wildman–Crippen LogP) is 4.44. The van der Waals surface area contributed by atoms with Crippen LogP contribution in [0.1, 0.15) is 16.8 Å². The molecule has 0 aliphatic heterocycles. The third kappa shape index (κ3) is 5.24. The largest absolute Gasteiger partial charge is 0.324 e. The molecule has 3 aromatic rings. The Morgan fingerprint density at radius 1 is 1.14 bits per heavy atom. The van der Waals surface area contributed by atoms with Gasteiger partial charge in [0.1, 0.15) is 6.54 Å².